The van der Waals surface area contributed by atoms with Crippen LogP contribution in [0, 0.1) is 5.82 Å². The molecule has 3 heteroatoms. The predicted octanol–water partition coefficient (Wildman–Crippen LogP) is 2.95. The highest BCUT2D eigenvalue weighted by atomic mass is 19.1. The number of para-hydroxylation sites is 1. The first-order valence-electron chi connectivity index (χ1n) is 5.98. The van der Waals surface area contributed by atoms with Crippen LogP contribution in [-0.2, 0) is 6.42 Å². The minimum atomic E-state index is -0.190. The molecule has 1 aromatic carbocycles. The molecule has 2 nitrogen and oxygen atoms in total. The Bertz CT molecular complexity index is 545. The van der Waals surface area contributed by atoms with Crippen LogP contribution in [-0.4, -0.2) is 4.57 Å². The van der Waals surface area contributed by atoms with Crippen molar-refractivity contribution in [1.82, 2.24) is 4.57 Å². The standard InChI is InChI=1S/C14H15FN2/c15-11-4-1-2-6-14(11)17-9-8-10-12(16)5-3-7-13(10)17/h1-2,4,6,8-9,12H,3,5,7,16H2. The number of halogens is 1. The summed E-state index contributed by atoms with van der Waals surface area (Å²) in [6.07, 6.45) is 5.00. The van der Waals surface area contributed by atoms with Crippen LogP contribution in [0.4, 0.5) is 4.39 Å². The summed E-state index contributed by atoms with van der Waals surface area (Å²) in [4.78, 5) is 0. The summed E-state index contributed by atoms with van der Waals surface area (Å²) in [7, 11) is 0. The van der Waals surface area contributed by atoms with Crippen LogP contribution in [0.5, 0.6) is 0 Å². The van der Waals surface area contributed by atoms with Crippen LogP contribution < -0.4 is 5.73 Å². The molecule has 0 fully saturated rings. The number of benzene rings is 1. The van der Waals surface area contributed by atoms with Crippen molar-refractivity contribution in [2.75, 3.05) is 0 Å². The molecule has 1 atom stereocenters. The van der Waals surface area contributed by atoms with Crippen LogP contribution >= 0.6 is 0 Å². The fourth-order valence-electron chi connectivity index (χ4n) is 2.60. The van der Waals surface area contributed by atoms with Crippen LogP contribution in [0.3, 0.4) is 0 Å². The minimum Gasteiger partial charge on any atom is -0.324 e. The van der Waals surface area contributed by atoms with E-state index in [4.69, 9.17) is 5.73 Å². The van der Waals surface area contributed by atoms with E-state index < -0.39 is 0 Å². The van der Waals surface area contributed by atoms with Gasteiger partial charge in [-0.2, -0.15) is 0 Å². The summed E-state index contributed by atoms with van der Waals surface area (Å²) in [5, 5.41) is 0. The van der Waals surface area contributed by atoms with E-state index in [1.54, 1.807) is 12.1 Å². The summed E-state index contributed by atoms with van der Waals surface area (Å²) in [6, 6.07) is 8.98. The Balaban J connectivity index is 2.14. The highest BCUT2D eigenvalue weighted by Gasteiger charge is 2.21. The third-order valence-electron chi connectivity index (χ3n) is 3.47. The summed E-state index contributed by atoms with van der Waals surface area (Å²) in [5.74, 6) is -0.190. The van der Waals surface area contributed by atoms with Gasteiger partial charge in [0.2, 0.25) is 0 Å². The van der Waals surface area contributed by atoms with Gasteiger partial charge in [0.05, 0.1) is 5.69 Å². The summed E-state index contributed by atoms with van der Waals surface area (Å²) in [6.45, 7) is 0. The van der Waals surface area contributed by atoms with Gasteiger partial charge in [-0.15, -0.1) is 0 Å². The SMILES string of the molecule is NC1CCCc2c1ccn2-c1ccccc1F. The molecule has 3 rings (SSSR count). The minimum absolute atomic E-state index is 0.103. The molecule has 1 aromatic heterocycles. The second-order valence-corrected chi connectivity index (χ2v) is 4.54. The van der Waals surface area contributed by atoms with Gasteiger partial charge in [-0.05, 0) is 43.0 Å². The van der Waals surface area contributed by atoms with Gasteiger partial charge >= 0.3 is 0 Å². The maximum Gasteiger partial charge on any atom is 0.147 e. The van der Waals surface area contributed by atoms with Gasteiger partial charge in [0.25, 0.3) is 0 Å². The first kappa shape index (κ1) is 10.5. The molecule has 0 bridgehead atoms. The lowest BCUT2D eigenvalue weighted by atomic mass is 9.93. The van der Waals surface area contributed by atoms with Gasteiger partial charge in [0, 0.05) is 17.9 Å². The molecule has 1 heterocycles. The Hall–Kier alpha value is -1.61. The molecule has 0 saturated carbocycles. The highest BCUT2D eigenvalue weighted by Crippen LogP contribution is 2.31. The third kappa shape index (κ3) is 1.67. The normalized spacial score (nSPS) is 19.1. The number of nitrogens with two attached hydrogens (primary N) is 1. The van der Waals surface area contributed by atoms with E-state index in [1.807, 2.05) is 22.9 Å². The number of fused-ring (bicyclic) bond motifs is 1. The number of aromatic nitrogens is 1. The Morgan fingerprint density at radius 2 is 2.06 bits per heavy atom. The van der Waals surface area contributed by atoms with E-state index in [1.165, 1.54) is 11.6 Å². The van der Waals surface area contributed by atoms with Crippen molar-refractivity contribution in [1.29, 1.82) is 0 Å². The van der Waals surface area contributed by atoms with E-state index in [9.17, 15) is 4.39 Å². The largest absolute Gasteiger partial charge is 0.324 e. The molecular weight excluding hydrogens is 215 g/mol. The summed E-state index contributed by atoms with van der Waals surface area (Å²) >= 11 is 0. The molecular formula is C14H15FN2. The Labute approximate surface area is 99.9 Å². The van der Waals surface area contributed by atoms with Crippen LogP contribution in [0.1, 0.15) is 30.1 Å². The zero-order valence-electron chi connectivity index (χ0n) is 9.57. The average molecular weight is 230 g/mol. The van der Waals surface area contributed by atoms with Crippen molar-refractivity contribution < 1.29 is 4.39 Å². The Kier molecular flexibility index (Phi) is 2.48. The molecule has 1 aliphatic rings. The van der Waals surface area contributed by atoms with Gasteiger partial charge in [-0.3, -0.25) is 0 Å². The van der Waals surface area contributed by atoms with Crippen molar-refractivity contribution in [3.63, 3.8) is 0 Å². The van der Waals surface area contributed by atoms with E-state index >= 15 is 0 Å². The molecule has 1 unspecified atom stereocenters. The fourth-order valence-corrected chi connectivity index (χ4v) is 2.60. The van der Waals surface area contributed by atoms with Crippen LogP contribution in [0.2, 0.25) is 0 Å². The molecule has 2 N–H and O–H groups in total. The van der Waals surface area contributed by atoms with Crippen molar-refractivity contribution in [3.05, 3.63) is 53.6 Å². The maximum atomic E-state index is 13.8. The van der Waals surface area contributed by atoms with Gasteiger partial charge in [0.1, 0.15) is 5.82 Å². The maximum absolute atomic E-state index is 13.8. The van der Waals surface area contributed by atoms with Gasteiger partial charge in [0.15, 0.2) is 0 Å². The summed E-state index contributed by atoms with van der Waals surface area (Å²) < 4.78 is 15.7. The molecule has 88 valence electrons. The van der Waals surface area contributed by atoms with Gasteiger partial charge in [-0.25, -0.2) is 4.39 Å². The zero-order valence-corrected chi connectivity index (χ0v) is 9.57. The first-order valence-corrected chi connectivity index (χ1v) is 5.98. The molecule has 0 amide bonds. The van der Waals surface area contributed by atoms with Crippen molar-refractivity contribution >= 4 is 0 Å². The summed E-state index contributed by atoms with van der Waals surface area (Å²) in [5.41, 5.74) is 9.01. The quantitative estimate of drug-likeness (QED) is 0.802. The lowest BCUT2D eigenvalue weighted by Crippen LogP contribution is -2.18. The van der Waals surface area contributed by atoms with Crippen molar-refractivity contribution in [2.45, 2.75) is 25.3 Å². The van der Waals surface area contributed by atoms with E-state index in [2.05, 4.69) is 0 Å². The smallest absolute Gasteiger partial charge is 0.147 e. The molecule has 0 aliphatic heterocycles. The second-order valence-electron chi connectivity index (χ2n) is 4.54. The average Bonchev–Trinajstić information content (AvgIpc) is 2.75. The third-order valence-corrected chi connectivity index (χ3v) is 3.47. The monoisotopic (exact) mass is 230 g/mol. The molecule has 1 aliphatic carbocycles. The predicted molar refractivity (Wildman–Crippen MR) is 65.6 cm³/mol. The topological polar surface area (TPSA) is 30.9 Å². The first-order chi connectivity index (χ1) is 8.27. The lowest BCUT2D eigenvalue weighted by molar-refractivity contribution is 0.555. The number of rotatable bonds is 1. The van der Waals surface area contributed by atoms with Crippen molar-refractivity contribution in [3.8, 4) is 5.69 Å². The fraction of sp³-hybridized carbons (Fsp3) is 0.286. The number of hydrogen-bond donors (Lipinski definition) is 1. The Morgan fingerprint density at radius 1 is 1.24 bits per heavy atom. The molecule has 0 spiro atoms. The molecule has 17 heavy (non-hydrogen) atoms. The lowest BCUT2D eigenvalue weighted by Gasteiger charge is -2.21. The van der Waals surface area contributed by atoms with E-state index in [0.717, 1.165) is 25.0 Å². The molecule has 0 saturated heterocycles. The van der Waals surface area contributed by atoms with Crippen molar-refractivity contribution in [2.24, 2.45) is 5.73 Å². The Morgan fingerprint density at radius 3 is 2.88 bits per heavy atom. The second kappa shape index (κ2) is 4.00. The van der Waals surface area contributed by atoms with Crippen LogP contribution in [0.25, 0.3) is 5.69 Å². The number of hydrogen-bond acceptors (Lipinski definition) is 1. The molecule has 2 aromatic rings. The van der Waals surface area contributed by atoms with Gasteiger partial charge in [-0.1, -0.05) is 12.1 Å². The van der Waals surface area contributed by atoms with E-state index in [-0.39, 0.29) is 11.9 Å². The van der Waals surface area contributed by atoms with Crippen LogP contribution in [0.15, 0.2) is 36.5 Å². The van der Waals surface area contributed by atoms with Gasteiger partial charge < -0.3 is 10.3 Å². The molecule has 0 radical (unpaired) electrons. The zero-order chi connectivity index (χ0) is 11.8. The van der Waals surface area contributed by atoms with E-state index in [0.29, 0.717) is 5.69 Å². The number of nitrogens with zero attached hydrogens (tertiary/aromatic N) is 1. The highest BCUT2D eigenvalue weighted by molar-refractivity contribution is 5.41.